The number of para-hydroxylation sites is 4. The van der Waals surface area contributed by atoms with Gasteiger partial charge >= 0.3 is 0 Å². The fourth-order valence-electron chi connectivity index (χ4n) is 8.65. The zero-order valence-corrected chi connectivity index (χ0v) is 39.4. The zero-order valence-electron chi connectivity index (χ0n) is 39.4. The zero-order chi connectivity index (χ0) is 48.6. The fraction of sp³-hybridized carbons (Fsp3) is 0.0333. The van der Waals surface area contributed by atoms with Gasteiger partial charge in [-0.05, 0) is 137 Å². The maximum Gasteiger partial charge on any atom is 0.153 e. The van der Waals surface area contributed by atoms with Crippen LogP contribution in [0.4, 0.5) is 57.1 Å². The molecule has 12 nitrogen and oxygen atoms in total. The molecule has 9 aromatic carbocycles. The summed E-state index contributed by atoms with van der Waals surface area (Å²) in [5.74, 6) is 2.44. The Kier molecular flexibility index (Phi) is 12.6. The SMILES string of the molecule is COc1ccc(N(c2ccc(OC)cc2)c2c(Nc3ccccc3)c3nnc(Nc4ccccc4)cc4ccc(cc4)c2c2nnc(Nc4ccccc4)cc4ccc(cc4)n(Nc4ccccc4)c32)cc1. The minimum Gasteiger partial charge on any atom is -0.497 e. The number of methoxy groups -OCH3 is 2. The fourth-order valence-corrected chi connectivity index (χ4v) is 8.65. The van der Waals surface area contributed by atoms with Gasteiger partial charge in [-0.15, -0.1) is 20.4 Å². The normalized spacial score (nSPS) is 10.9. The van der Waals surface area contributed by atoms with Crippen LogP contribution in [0, 0.1) is 0 Å². The Morgan fingerprint density at radius 2 is 0.847 bits per heavy atom. The third-order valence-electron chi connectivity index (χ3n) is 12.1. The second-order valence-corrected chi connectivity index (χ2v) is 16.8. The summed E-state index contributed by atoms with van der Waals surface area (Å²) in [5.41, 5.74) is 12.4. The van der Waals surface area contributed by atoms with Crippen molar-refractivity contribution in [2.24, 2.45) is 0 Å². The lowest BCUT2D eigenvalue weighted by molar-refractivity contribution is 0.415. The number of nitrogens with zero attached hydrogens (tertiary/aromatic N) is 6. The summed E-state index contributed by atoms with van der Waals surface area (Å²) in [6.07, 6.45) is 0. The van der Waals surface area contributed by atoms with Gasteiger partial charge in [0, 0.05) is 33.8 Å². The lowest BCUT2D eigenvalue weighted by atomic mass is 10.0. The second kappa shape index (κ2) is 20.3. The Labute approximate surface area is 416 Å². The minimum atomic E-state index is 0.447. The van der Waals surface area contributed by atoms with Crippen LogP contribution in [0.2, 0.25) is 0 Å². The molecule has 0 aliphatic carbocycles. The number of benzene rings is 9. The molecule has 0 aliphatic rings. The van der Waals surface area contributed by atoms with Gasteiger partial charge in [0.25, 0.3) is 0 Å². The predicted octanol–water partition coefficient (Wildman–Crippen LogP) is 15.0. The van der Waals surface area contributed by atoms with Crippen molar-refractivity contribution in [2.75, 3.05) is 40.5 Å². The average molecular weight is 941 g/mol. The lowest BCUT2D eigenvalue weighted by Crippen LogP contribution is -2.16. The van der Waals surface area contributed by atoms with Crippen molar-refractivity contribution in [3.05, 3.63) is 231 Å². The smallest absolute Gasteiger partial charge is 0.153 e. The van der Waals surface area contributed by atoms with Crippen molar-refractivity contribution in [3.63, 3.8) is 0 Å². The standard InChI is InChI=1S/C60H48N10O2/c1-71-51-35-31-48(32-36-51)69(49-33-37-52(72-2)38-34-49)59-55-43-27-23-41(24-28-43)39-54(62-45-17-9-4-10-18-45)65-67-58(57(59)63-46-19-11-5-12-20-46)60-56(55)66-64-53(61-44-15-7-3-8-16-44)40-42-25-29-50(30-26-42)70(60)68-47-21-13-6-14-22-47/h3-40,61,63,68H,1-2H3,(H,62,65). The van der Waals surface area contributed by atoms with Gasteiger partial charge < -0.3 is 30.3 Å². The highest BCUT2D eigenvalue weighted by atomic mass is 16.5. The quantitative estimate of drug-likeness (QED) is 0.0882. The number of rotatable bonds is 13. The van der Waals surface area contributed by atoms with E-state index in [2.05, 4.69) is 74.8 Å². The Balaban J connectivity index is 1.41. The first-order valence-electron chi connectivity index (χ1n) is 23.4. The number of anilines is 10. The van der Waals surface area contributed by atoms with Gasteiger partial charge in [-0.25, -0.2) is 0 Å². The molecule has 12 heteroatoms. The Bertz CT molecular complexity index is 3680. The first-order chi connectivity index (χ1) is 35.6. The van der Waals surface area contributed by atoms with Crippen molar-refractivity contribution in [1.29, 1.82) is 0 Å². The molecule has 0 saturated heterocycles. The van der Waals surface area contributed by atoms with Crippen LogP contribution in [0.15, 0.2) is 231 Å². The molecule has 6 heterocycles. The molecule has 0 fully saturated rings. The lowest BCUT2D eigenvalue weighted by Gasteiger charge is -2.30. The molecule has 72 heavy (non-hydrogen) atoms. The molecular formula is C60H48N10O2. The molecule has 0 atom stereocenters. The molecule has 0 amide bonds. The van der Waals surface area contributed by atoms with Crippen LogP contribution in [0.3, 0.4) is 0 Å². The van der Waals surface area contributed by atoms with Crippen LogP contribution < -0.4 is 35.7 Å². The van der Waals surface area contributed by atoms with Crippen LogP contribution in [-0.4, -0.2) is 39.3 Å². The summed E-state index contributed by atoms with van der Waals surface area (Å²) in [6.45, 7) is 0. The van der Waals surface area contributed by atoms with Crippen LogP contribution >= 0.6 is 0 Å². The molecule has 15 aromatic rings. The summed E-state index contributed by atoms with van der Waals surface area (Å²) in [6, 6.07) is 76.8. The van der Waals surface area contributed by atoms with Crippen molar-refractivity contribution >= 4 is 101 Å². The maximum absolute atomic E-state index is 5.73. The van der Waals surface area contributed by atoms with E-state index in [1.54, 1.807) is 14.2 Å². The molecule has 350 valence electrons. The monoisotopic (exact) mass is 940 g/mol. The van der Waals surface area contributed by atoms with Crippen molar-refractivity contribution in [3.8, 4) is 11.5 Å². The number of ether oxygens (including phenoxy) is 2. The highest BCUT2D eigenvalue weighted by Crippen LogP contribution is 2.49. The van der Waals surface area contributed by atoms with E-state index in [1.807, 2.05) is 187 Å². The Morgan fingerprint density at radius 3 is 1.32 bits per heavy atom. The van der Waals surface area contributed by atoms with Gasteiger partial charge in [0.05, 0.1) is 36.8 Å². The Hall–Kier alpha value is -9.94. The van der Waals surface area contributed by atoms with E-state index < -0.39 is 0 Å². The van der Waals surface area contributed by atoms with Gasteiger partial charge in [0.1, 0.15) is 28.0 Å². The van der Waals surface area contributed by atoms with Gasteiger partial charge in [0.2, 0.25) is 0 Å². The largest absolute Gasteiger partial charge is 0.497 e. The van der Waals surface area contributed by atoms with Gasteiger partial charge in [-0.1, -0.05) is 109 Å². The summed E-state index contributed by atoms with van der Waals surface area (Å²) in [5, 5.41) is 35.7. The second-order valence-electron chi connectivity index (χ2n) is 16.8. The number of hydrogen-bond donors (Lipinski definition) is 4. The molecule has 6 aromatic heterocycles. The van der Waals surface area contributed by atoms with Gasteiger partial charge in [-0.3, -0.25) is 10.1 Å². The topological polar surface area (TPSA) is 126 Å². The third kappa shape index (κ3) is 9.56. The Morgan fingerprint density at radius 1 is 0.417 bits per heavy atom. The molecule has 0 aliphatic heterocycles. The van der Waals surface area contributed by atoms with Crippen LogP contribution in [0.5, 0.6) is 11.5 Å². The van der Waals surface area contributed by atoms with Crippen LogP contribution in [0.1, 0.15) is 0 Å². The summed E-state index contributed by atoms with van der Waals surface area (Å²) in [7, 11) is 3.34. The number of hydrogen-bond acceptors (Lipinski definition) is 11. The van der Waals surface area contributed by atoms with Crippen molar-refractivity contribution in [2.45, 2.75) is 0 Å². The first-order valence-corrected chi connectivity index (χ1v) is 23.4. The number of aromatic nitrogens is 5. The molecule has 6 bridgehead atoms. The molecule has 0 saturated carbocycles. The first kappa shape index (κ1) is 44.6. The van der Waals surface area contributed by atoms with E-state index in [0.29, 0.717) is 51.1 Å². The number of nitrogens with one attached hydrogen (secondary N) is 4. The third-order valence-corrected chi connectivity index (χ3v) is 12.1. The highest BCUT2D eigenvalue weighted by molar-refractivity contribution is 6.23. The van der Waals surface area contributed by atoms with E-state index >= 15 is 0 Å². The van der Waals surface area contributed by atoms with E-state index in [4.69, 9.17) is 29.9 Å². The van der Waals surface area contributed by atoms with Gasteiger partial charge in [-0.2, -0.15) is 0 Å². The van der Waals surface area contributed by atoms with Gasteiger partial charge in [0.15, 0.2) is 11.6 Å². The summed E-state index contributed by atoms with van der Waals surface area (Å²) >= 11 is 0. The molecular weight excluding hydrogens is 893 g/mol. The summed E-state index contributed by atoms with van der Waals surface area (Å²) < 4.78 is 13.5. The molecule has 4 N–H and O–H groups in total. The van der Waals surface area contributed by atoms with E-state index in [0.717, 1.165) is 61.2 Å². The van der Waals surface area contributed by atoms with E-state index in [-0.39, 0.29) is 0 Å². The predicted molar refractivity (Wildman–Crippen MR) is 295 cm³/mol. The number of fused-ring (bicyclic) bond motifs is 5. The van der Waals surface area contributed by atoms with E-state index in [1.165, 1.54) is 0 Å². The average Bonchev–Trinajstić information content (AvgIpc) is 3.47. The van der Waals surface area contributed by atoms with Crippen LogP contribution in [-0.2, 0) is 0 Å². The van der Waals surface area contributed by atoms with E-state index in [9.17, 15) is 0 Å². The molecule has 0 radical (unpaired) electrons. The van der Waals surface area contributed by atoms with Crippen molar-refractivity contribution in [1.82, 2.24) is 25.1 Å². The molecule has 0 spiro atoms. The molecule has 15 rings (SSSR count). The van der Waals surface area contributed by atoms with Crippen LogP contribution in [0.25, 0.3) is 43.6 Å². The minimum absolute atomic E-state index is 0.447. The van der Waals surface area contributed by atoms with Crippen molar-refractivity contribution < 1.29 is 9.47 Å². The molecule has 0 unspecified atom stereocenters. The highest BCUT2D eigenvalue weighted by Gasteiger charge is 2.27. The summed E-state index contributed by atoms with van der Waals surface area (Å²) in [4.78, 5) is 2.21. The maximum atomic E-state index is 5.73.